The van der Waals surface area contributed by atoms with Crippen LogP contribution in [0.1, 0.15) is 17.0 Å². The molecule has 0 saturated heterocycles. The molecule has 0 bridgehead atoms. The molecular formula is C22H20FN3O3S2. The van der Waals surface area contributed by atoms with E-state index in [1.807, 2.05) is 37.4 Å². The normalized spacial score (nSPS) is 12.0. The summed E-state index contributed by atoms with van der Waals surface area (Å²) < 4.78 is 39.7. The van der Waals surface area contributed by atoms with Gasteiger partial charge in [0.2, 0.25) is 10.0 Å². The number of aromatic nitrogens is 2. The summed E-state index contributed by atoms with van der Waals surface area (Å²) in [7, 11) is -2.47. The molecule has 4 rings (SSSR count). The Labute approximate surface area is 183 Å². The van der Waals surface area contributed by atoms with Crippen LogP contribution in [0, 0.1) is 19.7 Å². The average molecular weight is 458 g/mol. The molecule has 2 heterocycles. The van der Waals surface area contributed by atoms with Gasteiger partial charge in [0, 0.05) is 18.0 Å². The van der Waals surface area contributed by atoms with Crippen molar-refractivity contribution in [2.45, 2.75) is 25.3 Å². The Morgan fingerprint density at radius 2 is 1.81 bits per heavy atom. The molecule has 9 heteroatoms. The van der Waals surface area contributed by atoms with Crippen LogP contribution in [0.5, 0.6) is 0 Å². The van der Waals surface area contributed by atoms with Crippen molar-refractivity contribution in [2.24, 2.45) is 0 Å². The third kappa shape index (κ3) is 4.04. The number of rotatable bonds is 5. The Hall–Kier alpha value is -2.88. The highest BCUT2D eigenvalue weighted by Gasteiger charge is 2.22. The Bertz CT molecular complexity index is 1440. The molecule has 2 aromatic heterocycles. The molecule has 0 aliphatic rings. The number of halogens is 1. The van der Waals surface area contributed by atoms with Crippen molar-refractivity contribution in [3.05, 3.63) is 81.0 Å². The fourth-order valence-electron chi connectivity index (χ4n) is 3.27. The van der Waals surface area contributed by atoms with Crippen LogP contribution in [0.3, 0.4) is 0 Å². The molecule has 0 aliphatic carbocycles. The minimum absolute atomic E-state index is 0.0343. The molecule has 0 fully saturated rings. The van der Waals surface area contributed by atoms with Gasteiger partial charge in [0.1, 0.15) is 16.5 Å². The first-order valence-corrected chi connectivity index (χ1v) is 11.8. The van der Waals surface area contributed by atoms with Gasteiger partial charge < -0.3 is 4.98 Å². The van der Waals surface area contributed by atoms with Crippen LogP contribution in [0.2, 0.25) is 0 Å². The zero-order valence-electron chi connectivity index (χ0n) is 17.1. The highest BCUT2D eigenvalue weighted by atomic mass is 32.2. The zero-order valence-corrected chi connectivity index (χ0v) is 18.8. The Morgan fingerprint density at radius 3 is 2.48 bits per heavy atom. The number of benzene rings is 2. The second-order valence-electron chi connectivity index (χ2n) is 7.36. The third-order valence-corrected chi connectivity index (χ3v) is 7.89. The highest BCUT2D eigenvalue weighted by Crippen LogP contribution is 2.32. The number of sulfonamides is 1. The number of aryl methyl sites for hydroxylation is 2. The van der Waals surface area contributed by atoms with Gasteiger partial charge in [-0.3, -0.25) is 4.79 Å². The summed E-state index contributed by atoms with van der Waals surface area (Å²) in [4.78, 5) is 20.5. The van der Waals surface area contributed by atoms with Crippen LogP contribution in [0.25, 0.3) is 21.3 Å². The number of hydrogen-bond donors (Lipinski definition) is 1. The summed E-state index contributed by atoms with van der Waals surface area (Å²) >= 11 is 1.34. The van der Waals surface area contributed by atoms with Gasteiger partial charge in [-0.1, -0.05) is 18.2 Å². The van der Waals surface area contributed by atoms with Gasteiger partial charge in [0.05, 0.1) is 16.8 Å². The van der Waals surface area contributed by atoms with Crippen LogP contribution in [-0.4, -0.2) is 29.7 Å². The quantitative estimate of drug-likeness (QED) is 0.486. The van der Waals surface area contributed by atoms with E-state index in [4.69, 9.17) is 0 Å². The second-order valence-corrected chi connectivity index (χ2v) is 10.3. The first-order valence-electron chi connectivity index (χ1n) is 9.47. The maximum Gasteiger partial charge on any atom is 0.260 e. The average Bonchev–Trinajstić information content (AvgIpc) is 3.15. The van der Waals surface area contributed by atoms with E-state index in [0.717, 1.165) is 33.1 Å². The summed E-state index contributed by atoms with van der Waals surface area (Å²) in [5.74, 6) is -0.283. The summed E-state index contributed by atoms with van der Waals surface area (Å²) in [5.41, 5.74) is 3.72. The lowest BCUT2D eigenvalue weighted by Gasteiger charge is -2.16. The minimum Gasteiger partial charge on any atom is -0.309 e. The SMILES string of the molecule is Cc1ccc(-c2csc3nc(CN(C)S(=O)(=O)c4ccc(F)cc4)[nH]c(=O)c23)cc1C. The first kappa shape index (κ1) is 21.4. The molecule has 6 nitrogen and oxygen atoms in total. The van der Waals surface area contributed by atoms with E-state index in [0.29, 0.717) is 10.2 Å². The Kier molecular flexibility index (Phi) is 5.50. The Morgan fingerprint density at radius 1 is 1.10 bits per heavy atom. The third-order valence-electron chi connectivity index (χ3n) is 5.21. The van der Waals surface area contributed by atoms with E-state index >= 15 is 0 Å². The van der Waals surface area contributed by atoms with Crippen molar-refractivity contribution in [1.29, 1.82) is 0 Å². The fraction of sp³-hybridized carbons (Fsp3) is 0.182. The molecule has 160 valence electrons. The number of aromatic amines is 1. The molecular weight excluding hydrogens is 437 g/mol. The van der Waals surface area contributed by atoms with E-state index in [9.17, 15) is 17.6 Å². The van der Waals surface area contributed by atoms with E-state index in [2.05, 4.69) is 9.97 Å². The molecule has 0 amide bonds. The fourth-order valence-corrected chi connectivity index (χ4v) is 5.37. The van der Waals surface area contributed by atoms with Crippen LogP contribution < -0.4 is 5.56 Å². The smallest absolute Gasteiger partial charge is 0.260 e. The van der Waals surface area contributed by atoms with Gasteiger partial charge in [-0.05, 0) is 54.8 Å². The summed E-state index contributed by atoms with van der Waals surface area (Å²) in [6.45, 7) is 3.93. The molecule has 2 aromatic carbocycles. The number of hydrogen-bond acceptors (Lipinski definition) is 5. The van der Waals surface area contributed by atoms with Crippen LogP contribution in [0.15, 0.2) is 57.5 Å². The summed E-state index contributed by atoms with van der Waals surface area (Å²) in [5, 5.41) is 2.38. The second kappa shape index (κ2) is 7.99. The molecule has 31 heavy (non-hydrogen) atoms. The van der Waals surface area contributed by atoms with Gasteiger partial charge in [-0.15, -0.1) is 11.3 Å². The van der Waals surface area contributed by atoms with Crippen molar-refractivity contribution in [2.75, 3.05) is 7.05 Å². The first-order chi connectivity index (χ1) is 14.7. The van der Waals surface area contributed by atoms with Crippen molar-refractivity contribution < 1.29 is 12.8 Å². The zero-order chi connectivity index (χ0) is 22.3. The minimum atomic E-state index is -3.86. The maximum absolute atomic E-state index is 13.1. The van der Waals surface area contributed by atoms with E-state index in [1.54, 1.807) is 0 Å². The molecule has 0 radical (unpaired) electrons. The van der Waals surface area contributed by atoms with E-state index < -0.39 is 15.8 Å². The molecule has 1 N–H and O–H groups in total. The standard InChI is InChI=1S/C22H20FN3O3S2/c1-13-4-5-15(10-14(13)2)18-12-30-22-20(18)21(27)24-19(25-22)11-26(3)31(28,29)17-8-6-16(23)7-9-17/h4-10,12H,11H2,1-3H3,(H,24,25,27). The predicted octanol–water partition coefficient (Wildman–Crippen LogP) is 4.23. The lowest BCUT2D eigenvalue weighted by Crippen LogP contribution is -2.28. The van der Waals surface area contributed by atoms with Crippen molar-refractivity contribution in [3.8, 4) is 11.1 Å². The topological polar surface area (TPSA) is 83.1 Å². The molecule has 0 aliphatic heterocycles. The Balaban J connectivity index is 1.68. The number of H-pyrrole nitrogens is 1. The molecule has 0 unspecified atom stereocenters. The van der Waals surface area contributed by atoms with E-state index in [-0.39, 0.29) is 22.8 Å². The summed E-state index contributed by atoms with van der Waals surface area (Å²) in [6.07, 6.45) is 0. The van der Waals surface area contributed by atoms with Crippen molar-refractivity contribution in [1.82, 2.24) is 14.3 Å². The van der Waals surface area contributed by atoms with Gasteiger partial charge >= 0.3 is 0 Å². The monoisotopic (exact) mass is 457 g/mol. The largest absolute Gasteiger partial charge is 0.309 e. The highest BCUT2D eigenvalue weighted by molar-refractivity contribution is 7.89. The number of nitrogens with zero attached hydrogens (tertiary/aromatic N) is 2. The maximum atomic E-state index is 13.1. The van der Waals surface area contributed by atoms with Crippen LogP contribution in [0.4, 0.5) is 4.39 Å². The predicted molar refractivity (Wildman–Crippen MR) is 120 cm³/mol. The van der Waals surface area contributed by atoms with Crippen LogP contribution >= 0.6 is 11.3 Å². The summed E-state index contributed by atoms with van der Waals surface area (Å²) in [6, 6.07) is 10.6. The lowest BCUT2D eigenvalue weighted by atomic mass is 10.0. The number of thiophene rings is 1. The molecule has 0 atom stereocenters. The molecule has 4 aromatic rings. The van der Waals surface area contributed by atoms with Crippen LogP contribution in [-0.2, 0) is 16.6 Å². The van der Waals surface area contributed by atoms with Crippen molar-refractivity contribution in [3.63, 3.8) is 0 Å². The van der Waals surface area contributed by atoms with Gasteiger partial charge in [0.25, 0.3) is 5.56 Å². The van der Waals surface area contributed by atoms with Gasteiger partial charge in [-0.2, -0.15) is 4.31 Å². The van der Waals surface area contributed by atoms with Crippen molar-refractivity contribution >= 4 is 31.6 Å². The lowest BCUT2D eigenvalue weighted by molar-refractivity contribution is 0.456. The molecule has 0 saturated carbocycles. The number of fused-ring (bicyclic) bond motifs is 1. The van der Waals surface area contributed by atoms with Gasteiger partial charge in [0.15, 0.2) is 0 Å². The number of nitrogens with one attached hydrogen (secondary N) is 1. The van der Waals surface area contributed by atoms with E-state index in [1.165, 1.54) is 36.1 Å². The molecule has 0 spiro atoms. The van der Waals surface area contributed by atoms with Gasteiger partial charge in [-0.25, -0.2) is 17.8 Å².